The molecule has 2 aromatic rings. The number of carboxylic acid groups (broad SMARTS) is 1. The first-order chi connectivity index (χ1) is 18.5. The van der Waals surface area contributed by atoms with Crippen LogP contribution in [0.2, 0.25) is 0 Å². The SMILES string of the molecule is CCCNC(=O)c1c[nH]c(C(=N)N(C(=O)OCOC(=O)CCC(=O)O)c2cc(C(=O)NCC)ccc2C)c1C. The molecule has 0 saturated heterocycles. The Morgan fingerprint density at radius 1 is 1.03 bits per heavy atom. The summed E-state index contributed by atoms with van der Waals surface area (Å²) in [7, 11) is 0. The van der Waals surface area contributed by atoms with Crippen LogP contribution >= 0.6 is 0 Å². The van der Waals surface area contributed by atoms with Crippen molar-refractivity contribution in [3.63, 3.8) is 0 Å². The number of hydrogen-bond donors (Lipinski definition) is 5. The Morgan fingerprint density at radius 2 is 1.74 bits per heavy atom. The molecule has 1 heterocycles. The van der Waals surface area contributed by atoms with Gasteiger partial charge >= 0.3 is 18.0 Å². The van der Waals surface area contributed by atoms with E-state index < -0.39 is 43.6 Å². The molecule has 2 rings (SSSR count). The average Bonchev–Trinajstić information content (AvgIpc) is 3.28. The lowest BCUT2D eigenvalue weighted by molar-refractivity contribution is -0.154. The Hall–Kier alpha value is -4.68. The third kappa shape index (κ3) is 8.15. The number of nitrogens with one attached hydrogen (secondary N) is 4. The maximum Gasteiger partial charge on any atom is 0.423 e. The molecule has 13 heteroatoms. The molecule has 3 amide bonds. The van der Waals surface area contributed by atoms with Crippen LogP contribution in [0.3, 0.4) is 0 Å². The standard InChI is InChI=1S/C26H33N5O8/c1-5-11-29-25(36)18-13-30-22(16(18)4)23(27)31(26(37)39-14-38-21(34)10-9-20(32)33)19-12-17(8-7-15(19)3)24(35)28-6-2/h7-8,12-13,27,30H,5-6,9-11,14H2,1-4H3,(H,28,35)(H,29,36)(H,32,33). The lowest BCUT2D eigenvalue weighted by atomic mass is 10.1. The van der Waals surface area contributed by atoms with Gasteiger partial charge in [-0.05, 0) is 50.5 Å². The van der Waals surface area contributed by atoms with E-state index in [0.717, 1.165) is 11.3 Å². The number of H-pyrrole nitrogens is 1. The zero-order valence-corrected chi connectivity index (χ0v) is 22.3. The van der Waals surface area contributed by atoms with Crippen LogP contribution in [0.15, 0.2) is 24.4 Å². The molecule has 0 aliphatic carbocycles. The van der Waals surface area contributed by atoms with Crippen LogP contribution in [-0.4, -0.2) is 65.7 Å². The molecule has 210 valence electrons. The van der Waals surface area contributed by atoms with Crippen LogP contribution in [0.5, 0.6) is 0 Å². The van der Waals surface area contributed by atoms with E-state index >= 15 is 0 Å². The number of rotatable bonds is 12. The summed E-state index contributed by atoms with van der Waals surface area (Å²) >= 11 is 0. The molecule has 0 saturated carbocycles. The van der Waals surface area contributed by atoms with E-state index in [0.29, 0.717) is 24.2 Å². The molecule has 39 heavy (non-hydrogen) atoms. The summed E-state index contributed by atoms with van der Waals surface area (Å²) in [6.45, 7) is 6.97. The highest BCUT2D eigenvalue weighted by atomic mass is 16.7. The number of ether oxygens (including phenoxy) is 2. The third-order valence-corrected chi connectivity index (χ3v) is 5.56. The number of hydrogen-bond acceptors (Lipinski definition) is 8. The maximum absolute atomic E-state index is 13.2. The van der Waals surface area contributed by atoms with Gasteiger partial charge in [0.1, 0.15) is 0 Å². The van der Waals surface area contributed by atoms with E-state index in [2.05, 4.69) is 15.6 Å². The lowest BCUT2D eigenvalue weighted by Gasteiger charge is -2.24. The second-order valence-corrected chi connectivity index (χ2v) is 8.44. The predicted octanol–water partition coefficient (Wildman–Crippen LogP) is 2.86. The predicted molar refractivity (Wildman–Crippen MR) is 141 cm³/mol. The minimum atomic E-state index is -1.19. The molecule has 0 radical (unpaired) electrons. The van der Waals surface area contributed by atoms with Crippen molar-refractivity contribution >= 4 is 41.4 Å². The van der Waals surface area contributed by atoms with Gasteiger partial charge in [0.25, 0.3) is 11.8 Å². The van der Waals surface area contributed by atoms with Crippen molar-refractivity contribution in [1.29, 1.82) is 5.41 Å². The monoisotopic (exact) mass is 543 g/mol. The molecule has 0 aliphatic heterocycles. The van der Waals surface area contributed by atoms with Gasteiger partial charge in [0.05, 0.1) is 29.8 Å². The lowest BCUT2D eigenvalue weighted by Crippen LogP contribution is -2.39. The molecule has 0 atom stereocenters. The van der Waals surface area contributed by atoms with Gasteiger partial charge in [-0.15, -0.1) is 0 Å². The summed E-state index contributed by atoms with van der Waals surface area (Å²) in [5, 5.41) is 23.0. The van der Waals surface area contributed by atoms with E-state index in [1.165, 1.54) is 12.3 Å². The summed E-state index contributed by atoms with van der Waals surface area (Å²) in [6, 6.07) is 4.59. The van der Waals surface area contributed by atoms with Crippen molar-refractivity contribution in [2.24, 2.45) is 0 Å². The summed E-state index contributed by atoms with van der Waals surface area (Å²) in [6.07, 6.45) is 0.198. The first kappa shape index (κ1) is 30.5. The molecule has 1 aromatic heterocycles. The highest BCUT2D eigenvalue weighted by molar-refractivity contribution is 6.21. The molecule has 0 bridgehead atoms. The van der Waals surface area contributed by atoms with Gasteiger partial charge in [0.15, 0.2) is 5.84 Å². The van der Waals surface area contributed by atoms with Gasteiger partial charge in [-0.1, -0.05) is 13.0 Å². The Morgan fingerprint density at radius 3 is 2.38 bits per heavy atom. The fourth-order valence-electron chi connectivity index (χ4n) is 3.48. The molecule has 0 unspecified atom stereocenters. The van der Waals surface area contributed by atoms with Crippen molar-refractivity contribution in [2.75, 3.05) is 24.8 Å². The number of amides is 3. The van der Waals surface area contributed by atoms with Crippen molar-refractivity contribution < 1.29 is 38.6 Å². The number of amidine groups is 1. The van der Waals surface area contributed by atoms with E-state index in [1.54, 1.807) is 32.9 Å². The van der Waals surface area contributed by atoms with Crippen LogP contribution < -0.4 is 15.5 Å². The second kappa shape index (κ2) is 14.3. The first-order valence-corrected chi connectivity index (χ1v) is 12.3. The summed E-state index contributed by atoms with van der Waals surface area (Å²) in [5.74, 6) is -3.20. The van der Waals surface area contributed by atoms with E-state index in [4.69, 9.17) is 20.0 Å². The zero-order valence-electron chi connectivity index (χ0n) is 22.3. The number of aryl methyl sites for hydroxylation is 1. The molecular weight excluding hydrogens is 510 g/mol. The normalized spacial score (nSPS) is 10.4. The number of esters is 1. The Balaban J connectivity index is 2.42. The summed E-state index contributed by atoms with van der Waals surface area (Å²) in [4.78, 5) is 64.3. The number of anilines is 1. The Kier molecular flexibility index (Phi) is 11.2. The molecule has 0 fully saturated rings. The topological polar surface area (TPSA) is 191 Å². The number of nitrogens with zero attached hydrogens (tertiary/aromatic N) is 1. The van der Waals surface area contributed by atoms with Gasteiger partial charge < -0.3 is 30.2 Å². The number of carbonyl (C=O) groups excluding carboxylic acids is 4. The fourth-order valence-corrected chi connectivity index (χ4v) is 3.48. The Bertz CT molecular complexity index is 1250. The van der Waals surface area contributed by atoms with Crippen LogP contribution in [0.1, 0.15) is 70.6 Å². The van der Waals surface area contributed by atoms with Crippen molar-refractivity contribution in [2.45, 2.75) is 47.0 Å². The first-order valence-electron chi connectivity index (χ1n) is 12.3. The zero-order chi connectivity index (χ0) is 29.1. The Labute approximate surface area is 225 Å². The van der Waals surface area contributed by atoms with Gasteiger partial charge in [-0.3, -0.25) is 24.6 Å². The number of benzene rings is 1. The number of aliphatic carboxylic acids is 1. The quantitative estimate of drug-likeness (QED) is 0.117. The van der Waals surface area contributed by atoms with Crippen LogP contribution in [0.25, 0.3) is 0 Å². The smallest absolute Gasteiger partial charge is 0.423 e. The number of aromatic nitrogens is 1. The molecule has 5 N–H and O–H groups in total. The van der Waals surface area contributed by atoms with Crippen LogP contribution in [-0.2, 0) is 19.1 Å². The largest absolute Gasteiger partial charge is 0.481 e. The van der Waals surface area contributed by atoms with Gasteiger partial charge in [0, 0.05) is 24.8 Å². The van der Waals surface area contributed by atoms with E-state index in [9.17, 15) is 24.0 Å². The molecule has 1 aromatic carbocycles. The summed E-state index contributed by atoms with van der Waals surface area (Å²) < 4.78 is 9.88. The van der Waals surface area contributed by atoms with E-state index in [1.807, 2.05) is 6.92 Å². The van der Waals surface area contributed by atoms with Crippen LogP contribution in [0.4, 0.5) is 10.5 Å². The van der Waals surface area contributed by atoms with Crippen LogP contribution in [0, 0.1) is 19.3 Å². The molecule has 0 spiro atoms. The third-order valence-electron chi connectivity index (χ3n) is 5.56. The number of aromatic amines is 1. The highest BCUT2D eigenvalue weighted by Crippen LogP contribution is 2.26. The average molecular weight is 544 g/mol. The second-order valence-electron chi connectivity index (χ2n) is 8.44. The minimum Gasteiger partial charge on any atom is -0.481 e. The van der Waals surface area contributed by atoms with Gasteiger partial charge in [0.2, 0.25) is 6.79 Å². The number of carbonyl (C=O) groups is 5. The highest BCUT2D eigenvalue weighted by Gasteiger charge is 2.29. The van der Waals surface area contributed by atoms with E-state index in [-0.39, 0.29) is 34.3 Å². The van der Waals surface area contributed by atoms with Gasteiger partial charge in [-0.25, -0.2) is 9.69 Å². The van der Waals surface area contributed by atoms with Crippen molar-refractivity contribution in [3.8, 4) is 0 Å². The maximum atomic E-state index is 13.2. The van der Waals surface area contributed by atoms with Gasteiger partial charge in [-0.2, -0.15) is 0 Å². The van der Waals surface area contributed by atoms with Crippen molar-refractivity contribution in [1.82, 2.24) is 15.6 Å². The fraction of sp³-hybridized carbons (Fsp3) is 0.385. The summed E-state index contributed by atoms with van der Waals surface area (Å²) in [5.41, 5.74) is 1.74. The number of carboxylic acids is 1. The minimum absolute atomic E-state index is 0.148. The van der Waals surface area contributed by atoms with Crippen molar-refractivity contribution in [3.05, 3.63) is 52.3 Å². The molecule has 13 nitrogen and oxygen atoms in total. The molecular formula is C26H33N5O8. The molecule has 0 aliphatic rings.